The Morgan fingerprint density at radius 1 is 0.897 bits per heavy atom. The molecular formula is C24H22N4S. The number of hydrogen-bond donors (Lipinski definition) is 1. The van der Waals surface area contributed by atoms with E-state index in [9.17, 15) is 0 Å². The minimum absolute atomic E-state index is 0.459. The summed E-state index contributed by atoms with van der Waals surface area (Å²) in [4.78, 5) is 0. The molecule has 0 spiro atoms. The van der Waals surface area contributed by atoms with Crippen molar-refractivity contribution in [3.8, 4) is 0 Å². The molecule has 1 heterocycles. The standard InChI is InChI=1S/C24H22N4S/c25-24(29-18-20-9-5-2-6-10-20)27-26-16-21-11-12-23-22(15-21)13-14-28(23)17-19-7-3-1-4-8-19/h1-16H,17-18H2,(H2,25,27). The highest BCUT2D eigenvalue weighted by atomic mass is 32.2. The van der Waals surface area contributed by atoms with E-state index in [1.165, 1.54) is 33.8 Å². The first-order valence-electron chi connectivity index (χ1n) is 9.44. The largest absolute Gasteiger partial charge is 0.377 e. The molecular weight excluding hydrogens is 376 g/mol. The summed E-state index contributed by atoms with van der Waals surface area (Å²) in [6.45, 7) is 0.858. The highest BCUT2D eigenvalue weighted by Gasteiger charge is 2.02. The third-order valence-corrected chi connectivity index (χ3v) is 5.44. The van der Waals surface area contributed by atoms with E-state index in [2.05, 4.69) is 81.6 Å². The first kappa shape index (κ1) is 19.0. The molecule has 4 nitrogen and oxygen atoms in total. The van der Waals surface area contributed by atoms with Crippen molar-refractivity contribution in [2.24, 2.45) is 15.9 Å². The van der Waals surface area contributed by atoms with Gasteiger partial charge in [-0.05, 0) is 34.9 Å². The van der Waals surface area contributed by atoms with Gasteiger partial charge < -0.3 is 10.3 Å². The lowest BCUT2D eigenvalue weighted by atomic mass is 10.1. The van der Waals surface area contributed by atoms with Crippen LogP contribution in [0.1, 0.15) is 16.7 Å². The molecule has 5 heteroatoms. The van der Waals surface area contributed by atoms with Gasteiger partial charge in [0.2, 0.25) is 0 Å². The van der Waals surface area contributed by atoms with Crippen molar-refractivity contribution in [3.63, 3.8) is 0 Å². The number of aromatic nitrogens is 1. The molecule has 0 aliphatic heterocycles. The zero-order chi connectivity index (χ0) is 19.9. The van der Waals surface area contributed by atoms with Gasteiger partial charge in [0.1, 0.15) is 0 Å². The topological polar surface area (TPSA) is 55.7 Å². The predicted molar refractivity (Wildman–Crippen MR) is 124 cm³/mol. The second-order valence-corrected chi connectivity index (χ2v) is 7.70. The average Bonchev–Trinajstić information content (AvgIpc) is 3.16. The molecule has 0 saturated carbocycles. The van der Waals surface area contributed by atoms with Gasteiger partial charge in [-0.25, -0.2) is 0 Å². The van der Waals surface area contributed by atoms with Crippen LogP contribution in [-0.4, -0.2) is 15.9 Å². The van der Waals surface area contributed by atoms with Crippen molar-refractivity contribution in [2.75, 3.05) is 0 Å². The maximum Gasteiger partial charge on any atom is 0.180 e. The Kier molecular flexibility index (Phi) is 6.07. The Labute approximate surface area is 174 Å². The fraction of sp³-hybridized carbons (Fsp3) is 0.0833. The van der Waals surface area contributed by atoms with Crippen molar-refractivity contribution in [2.45, 2.75) is 12.3 Å². The number of hydrogen-bond acceptors (Lipinski definition) is 3. The van der Waals surface area contributed by atoms with E-state index >= 15 is 0 Å². The summed E-state index contributed by atoms with van der Waals surface area (Å²) in [5.74, 6) is 0.784. The molecule has 29 heavy (non-hydrogen) atoms. The van der Waals surface area contributed by atoms with Crippen LogP contribution in [0.3, 0.4) is 0 Å². The average molecular weight is 399 g/mol. The molecule has 1 aromatic heterocycles. The molecule has 144 valence electrons. The summed E-state index contributed by atoms with van der Waals surface area (Å²) in [5, 5.41) is 9.88. The Hall–Kier alpha value is -3.31. The lowest BCUT2D eigenvalue weighted by Gasteiger charge is -2.05. The molecule has 3 aromatic carbocycles. The maximum atomic E-state index is 5.95. The van der Waals surface area contributed by atoms with Crippen LogP contribution in [0.4, 0.5) is 0 Å². The summed E-state index contributed by atoms with van der Waals surface area (Å²) < 4.78 is 2.25. The minimum Gasteiger partial charge on any atom is -0.377 e. The number of rotatable bonds is 6. The fourth-order valence-electron chi connectivity index (χ4n) is 3.13. The van der Waals surface area contributed by atoms with Crippen LogP contribution in [0.15, 0.2) is 101 Å². The van der Waals surface area contributed by atoms with Gasteiger partial charge in [-0.2, -0.15) is 5.10 Å². The second-order valence-electron chi connectivity index (χ2n) is 6.70. The first-order chi connectivity index (χ1) is 14.3. The van der Waals surface area contributed by atoms with Crippen molar-refractivity contribution >= 4 is 34.0 Å². The van der Waals surface area contributed by atoms with E-state index in [0.717, 1.165) is 17.9 Å². The molecule has 0 atom stereocenters. The Balaban J connectivity index is 1.40. The van der Waals surface area contributed by atoms with Gasteiger partial charge >= 0.3 is 0 Å². The van der Waals surface area contributed by atoms with Crippen molar-refractivity contribution in [1.29, 1.82) is 0 Å². The SMILES string of the molecule is NC(=NN=Cc1ccc2c(ccn2Cc2ccccc2)c1)SCc1ccccc1. The molecule has 0 unspecified atom stereocenters. The Morgan fingerprint density at radius 2 is 1.62 bits per heavy atom. The molecule has 0 fully saturated rings. The van der Waals surface area contributed by atoms with E-state index in [4.69, 9.17) is 5.73 Å². The summed E-state index contributed by atoms with van der Waals surface area (Å²) in [6.07, 6.45) is 3.86. The van der Waals surface area contributed by atoms with Crippen LogP contribution in [0.2, 0.25) is 0 Å². The van der Waals surface area contributed by atoms with Crippen molar-refractivity contribution in [1.82, 2.24) is 4.57 Å². The molecule has 0 bridgehead atoms. The Morgan fingerprint density at radius 3 is 2.38 bits per heavy atom. The highest BCUT2D eigenvalue weighted by molar-refractivity contribution is 8.13. The monoisotopic (exact) mass is 398 g/mol. The van der Waals surface area contributed by atoms with Crippen LogP contribution >= 0.6 is 11.8 Å². The fourth-order valence-corrected chi connectivity index (χ4v) is 3.74. The number of nitrogens with two attached hydrogens (primary N) is 1. The third-order valence-electron chi connectivity index (χ3n) is 4.58. The van der Waals surface area contributed by atoms with Gasteiger partial charge in [-0.3, -0.25) is 0 Å². The zero-order valence-electron chi connectivity index (χ0n) is 16.0. The van der Waals surface area contributed by atoms with Crippen molar-refractivity contribution in [3.05, 3.63) is 108 Å². The number of benzene rings is 3. The number of thioether (sulfide) groups is 1. The predicted octanol–water partition coefficient (Wildman–Crippen LogP) is 5.27. The van der Waals surface area contributed by atoms with Crippen LogP contribution in [0.25, 0.3) is 10.9 Å². The van der Waals surface area contributed by atoms with E-state index in [-0.39, 0.29) is 0 Å². The van der Waals surface area contributed by atoms with Crippen LogP contribution in [0.5, 0.6) is 0 Å². The number of amidine groups is 1. The molecule has 2 N–H and O–H groups in total. The van der Waals surface area contributed by atoms with E-state index in [1.807, 2.05) is 24.3 Å². The summed E-state index contributed by atoms with van der Waals surface area (Å²) in [7, 11) is 0. The lowest BCUT2D eigenvalue weighted by molar-refractivity contribution is 0.837. The van der Waals surface area contributed by atoms with Crippen LogP contribution in [-0.2, 0) is 12.3 Å². The molecule has 4 rings (SSSR count). The zero-order valence-corrected chi connectivity index (χ0v) is 16.8. The third kappa shape index (κ3) is 5.15. The lowest BCUT2D eigenvalue weighted by Crippen LogP contribution is -2.05. The maximum absolute atomic E-state index is 5.95. The van der Waals surface area contributed by atoms with Crippen LogP contribution < -0.4 is 5.73 Å². The minimum atomic E-state index is 0.459. The first-order valence-corrected chi connectivity index (χ1v) is 10.4. The molecule has 0 saturated heterocycles. The summed E-state index contributed by atoms with van der Waals surface area (Å²) >= 11 is 1.48. The Bertz CT molecular complexity index is 1130. The number of fused-ring (bicyclic) bond motifs is 1. The van der Waals surface area contributed by atoms with Crippen LogP contribution in [0, 0.1) is 0 Å². The molecule has 0 amide bonds. The molecule has 0 radical (unpaired) electrons. The van der Waals surface area contributed by atoms with Gasteiger partial charge in [0, 0.05) is 29.4 Å². The van der Waals surface area contributed by atoms with E-state index in [1.54, 1.807) is 6.21 Å². The van der Waals surface area contributed by atoms with Gasteiger partial charge in [-0.15, -0.1) is 5.10 Å². The quantitative estimate of drug-likeness (QED) is 0.273. The molecule has 0 aliphatic rings. The summed E-state index contributed by atoms with van der Waals surface area (Å²) in [5.41, 5.74) is 10.6. The molecule has 0 aliphatic carbocycles. The van der Waals surface area contributed by atoms with E-state index in [0.29, 0.717) is 5.17 Å². The smallest absolute Gasteiger partial charge is 0.180 e. The van der Waals surface area contributed by atoms with E-state index < -0.39 is 0 Å². The van der Waals surface area contributed by atoms with Gasteiger partial charge in [0.15, 0.2) is 5.17 Å². The van der Waals surface area contributed by atoms with Gasteiger partial charge in [0.25, 0.3) is 0 Å². The molecule has 4 aromatic rings. The van der Waals surface area contributed by atoms with Gasteiger partial charge in [-0.1, -0.05) is 78.5 Å². The van der Waals surface area contributed by atoms with Gasteiger partial charge in [0.05, 0.1) is 6.21 Å². The second kappa shape index (κ2) is 9.26. The number of nitrogens with zero attached hydrogens (tertiary/aromatic N) is 3. The summed E-state index contributed by atoms with van der Waals surface area (Å²) in [6, 6.07) is 29.1. The highest BCUT2D eigenvalue weighted by Crippen LogP contribution is 2.19. The van der Waals surface area contributed by atoms with Crippen molar-refractivity contribution < 1.29 is 0 Å². The normalized spacial score (nSPS) is 12.1.